The predicted octanol–water partition coefficient (Wildman–Crippen LogP) is 2.78. The van der Waals surface area contributed by atoms with Gasteiger partial charge >= 0.3 is 0 Å². The quantitative estimate of drug-likeness (QED) is 0.354. The van der Waals surface area contributed by atoms with Crippen molar-refractivity contribution in [1.29, 1.82) is 0 Å². The molecule has 1 heteroatoms. The van der Waals surface area contributed by atoms with Crippen LogP contribution in [0.15, 0.2) is 12.2 Å². The van der Waals surface area contributed by atoms with Crippen LogP contribution in [0, 0.1) is 0 Å². The molecule has 0 heterocycles. The highest BCUT2D eigenvalue weighted by molar-refractivity contribution is 14.1. The van der Waals surface area contributed by atoms with Crippen molar-refractivity contribution in [1.82, 2.24) is 0 Å². The number of hydrogen-bond acceptors (Lipinski definition) is 0. The van der Waals surface area contributed by atoms with Gasteiger partial charge in [-0.3, -0.25) is 0 Å². The van der Waals surface area contributed by atoms with Gasteiger partial charge in [0, 0.05) is 3.42 Å². The molecule has 0 aliphatic rings. The maximum absolute atomic E-state index is 3.82. The minimum atomic E-state index is 0.276. The van der Waals surface area contributed by atoms with Crippen LogP contribution < -0.4 is 0 Å². The van der Waals surface area contributed by atoms with Crippen LogP contribution in [-0.4, -0.2) is 3.42 Å². The number of allylic oxidation sites excluding steroid dienone is 1. The van der Waals surface area contributed by atoms with Crippen LogP contribution in [0.3, 0.4) is 0 Å². The largest absolute Gasteiger partial charge is 0.0988 e. The van der Waals surface area contributed by atoms with Gasteiger partial charge in [-0.05, 0) is 20.8 Å². The Morgan fingerprint density at radius 3 is 1.71 bits per heavy atom. The molecule has 0 spiro atoms. The summed E-state index contributed by atoms with van der Waals surface area (Å²) in [7, 11) is 0. The molecule has 42 valence electrons. The van der Waals surface area contributed by atoms with Crippen molar-refractivity contribution in [2.24, 2.45) is 0 Å². The third-order valence-corrected chi connectivity index (χ3v) is 1.94. The first-order chi connectivity index (χ1) is 2.94. The fourth-order valence-corrected chi connectivity index (χ4v) is 0. The Balaban J connectivity index is 3.79. The van der Waals surface area contributed by atoms with E-state index in [0.29, 0.717) is 0 Å². The lowest BCUT2D eigenvalue weighted by molar-refractivity contribution is 0.879. The maximum Gasteiger partial charge on any atom is 0.0368 e. The Morgan fingerprint density at radius 1 is 1.57 bits per heavy atom. The summed E-state index contributed by atoms with van der Waals surface area (Å²) in [5.74, 6) is 0. The van der Waals surface area contributed by atoms with Gasteiger partial charge in [-0.25, -0.2) is 0 Å². The minimum absolute atomic E-state index is 0.276. The van der Waals surface area contributed by atoms with E-state index in [1.54, 1.807) is 0 Å². The summed E-state index contributed by atoms with van der Waals surface area (Å²) in [5, 5.41) is 0. The topological polar surface area (TPSA) is 0 Å². The first kappa shape index (κ1) is 7.47. The Hall–Kier alpha value is 0.470. The standard InChI is InChI=1S/C6H11I/c1-5(2)6(3,4)7/h1H2,2-4H3. The highest BCUT2D eigenvalue weighted by Crippen LogP contribution is 2.23. The molecule has 0 N–H and O–H groups in total. The van der Waals surface area contributed by atoms with Gasteiger partial charge < -0.3 is 0 Å². The fourth-order valence-electron chi connectivity index (χ4n) is 0. The summed E-state index contributed by atoms with van der Waals surface area (Å²) in [6.07, 6.45) is 0. The average Bonchev–Trinajstić information content (AvgIpc) is 1.31. The summed E-state index contributed by atoms with van der Waals surface area (Å²) in [4.78, 5) is 0. The van der Waals surface area contributed by atoms with Crippen LogP contribution in [0.25, 0.3) is 0 Å². The Morgan fingerprint density at radius 2 is 1.71 bits per heavy atom. The molecule has 0 saturated carbocycles. The van der Waals surface area contributed by atoms with E-state index in [4.69, 9.17) is 0 Å². The summed E-state index contributed by atoms with van der Waals surface area (Å²) in [5.41, 5.74) is 1.23. The van der Waals surface area contributed by atoms with Gasteiger partial charge in [0.05, 0.1) is 0 Å². The van der Waals surface area contributed by atoms with Crippen LogP contribution in [0.1, 0.15) is 20.8 Å². The normalized spacial score (nSPS) is 11.4. The van der Waals surface area contributed by atoms with Gasteiger partial charge in [-0.2, -0.15) is 0 Å². The molecule has 0 aromatic heterocycles. The van der Waals surface area contributed by atoms with Crippen LogP contribution in [0.4, 0.5) is 0 Å². The molecule has 0 aliphatic carbocycles. The van der Waals surface area contributed by atoms with E-state index in [1.165, 1.54) is 5.57 Å². The highest BCUT2D eigenvalue weighted by Gasteiger charge is 2.11. The Kier molecular flexibility index (Phi) is 2.30. The van der Waals surface area contributed by atoms with Crippen molar-refractivity contribution in [3.63, 3.8) is 0 Å². The summed E-state index contributed by atoms with van der Waals surface area (Å²) in [6.45, 7) is 10.2. The summed E-state index contributed by atoms with van der Waals surface area (Å²) >= 11 is 2.37. The molecule has 0 aromatic carbocycles. The van der Waals surface area contributed by atoms with Crippen molar-refractivity contribution in [3.05, 3.63) is 12.2 Å². The fraction of sp³-hybridized carbons (Fsp3) is 0.667. The van der Waals surface area contributed by atoms with E-state index in [-0.39, 0.29) is 3.42 Å². The van der Waals surface area contributed by atoms with E-state index in [1.807, 2.05) is 6.92 Å². The zero-order valence-electron chi connectivity index (χ0n) is 5.09. The van der Waals surface area contributed by atoms with Crippen molar-refractivity contribution >= 4 is 22.6 Å². The Bertz CT molecular complexity index is 76.7. The van der Waals surface area contributed by atoms with Crippen molar-refractivity contribution in [3.8, 4) is 0 Å². The number of alkyl halides is 1. The number of rotatable bonds is 1. The van der Waals surface area contributed by atoms with Crippen molar-refractivity contribution in [2.45, 2.75) is 24.2 Å². The third kappa shape index (κ3) is 3.09. The molecular weight excluding hydrogens is 199 g/mol. The Labute approximate surface area is 59.1 Å². The van der Waals surface area contributed by atoms with Crippen LogP contribution in [0.5, 0.6) is 0 Å². The molecule has 0 rings (SSSR count). The lowest BCUT2D eigenvalue weighted by atomic mass is 10.1. The van der Waals surface area contributed by atoms with E-state index in [9.17, 15) is 0 Å². The molecule has 0 atom stereocenters. The van der Waals surface area contributed by atoms with Gasteiger partial charge in [-0.1, -0.05) is 34.7 Å². The number of halogens is 1. The van der Waals surface area contributed by atoms with Gasteiger partial charge in [0.15, 0.2) is 0 Å². The van der Waals surface area contributed by atoms with Gasteiger partial charge in [0.1, 0.15) is 0 Å². The van der Waals surface area contributed by atoms with E-state index < -0.39 is 0 Å². The summed E-state index contributed by atoms with van der Waals surface area (Å²) in [6, 6.07) is 0. The maximum atomic E-state index is 3.82. The molecule has 0 nitrogen and oxygen atoms in total. The molecule has 0 aromatic rings. The summed E-state index contributed by atoms with van der Waals surface area (Å²) < 4.78 is 0.276. The van der Waals surface area contributed by atoms with Crippen molar-refractivity contribution < 1.29 is 0 Å². The lowest BCUT2D eigenvalue weighted by Gasteiger charge is -2.14. The first-order valence-electron chi connectivity index (χ1n) is 2.29. The zero-order valence-corrected chi connectivity index (χ0v) is 7.24. The van der Waals surface area contributed by atoms with Crippen LogP contribution >= 0.6 is 22.6 Å². The second-order valence-electron chi connectivity index (χ2n) is 2.25. The zero-order chi connectivity index (χ0) is 6.08. The van der Waals surface area contributed by atoms with Gasteiger partial charge in [0.2, 0.25) is 0 Å². The molecular formula is C6H11I. The predicted molar refractivity (Wildman–Crippen MR) is 42.9 cm³/mol. The average molecular weight is 210 g/mol. The SMILES string of the molecule is C=C(C)C(C)(C)I. The van der Waals surface area contributed by atoms with E-state index in [2.05, 4.69) is 43.0 Å². The third-order valence-electron chi connectivity index (χ3n) is 1.01. The van der Waals surface area contributed by atoms with Gasteiger partial charge in [-0.15, -0.1) is 0 Å². The first-order valence-corrected chi connectivity index (χ1v) is 3.37. The lowest BCUT2D eigenvalue weighted by Crippen LogP contribution is -2.08. The van der Waals surface area contributed by atoms with Crippen LogP contribution in [-0.2, 0) is 0 Å². The molecule has 0 unspecified atom stereocenters. The highest BCUT2D eigenvalue weighted by atomic mass is 127. The molecule has 0 bridgehead atoms. The molecule has 0 saturated heterocycles. The molecule has 0 radical (unpaired) electrons. The van der Waals surface area contributed by atoms with E-state index in [0.717, 1.165) is 0 Å². The second-order valence-corrected chi connectivity index (χ2v) is 4.95. The molecule has 0 aliphatic heterocycles. The molecule has 0 amide bonds. The van der Waals surface area contributed by atoms with Crippen LogP contribution in [0.2, 0.25) is 0 Å². The van der Waals surface area contributed by atoms with E-state index >= 15 is 0 Å². The smallest absolute Gasteiger partial charge is 0.0368 e. The minimum Gasteiger partial charge on any atom is -0.0988 e. The molecule has 7 heavy (non-hydrogen) atoms. The monoisotopic (exact) mass is 210 g/mol. The second kappa shape index (κ2) is 2.16. The molecule has 0 fully saturated rings. The number of hydrogen-bond donors (Lipinski definition) is 0. The van der Waals surface area contributed by atoms with Gasteiger partial charge in [0.25, 0.3) is 0 Å². The van der Waals surface area contributed by atoms with Crippen molar-refractivity contribution in [2.75, 3.05) is 0 Å².